The Bertz CT molecular complexity index is 696. The minimum Gasteiger partial charge on any atom is -0.504 e. The molecule has 2 aromatic carbocycles. The number of ether oxygens (including phenoxy) is 1. The van der Waals surface area contributed by atoms with Crippen molar-refractivity contribution in [2.45, 2.75) is 32.2 Å². The van der Waals surface area contributed by atoms with Crippen molar-refractivity contribution in [3.8, 4) is 11.5 Å². The average Bonchev–Trinajstić information content (AvgIpc) is 2.64. The molecule has 132 valence electrons. The van der Waals surface area contributed by atoms with Crippen LogP contribution in [0.15, 0.2) is 54.6 Å². The van der Waals surface area contributed by atoms with Crippen LogP contribution in [0.1, 0.15) is 36.8 Å². The molecule has 0 bridgehead atoms. The van der Waals surface area contributed by atoms with Crippen LogP contribution in [0.3, 0.4) is 0 Å². The number of hydrogen-bond acceptors (Lipinski definition) is 3. The number of phenols is 1. The van der Waals surface area contributed by atoms with Crippen LogP contribution in [0.5, 0.6) is 11.5 Å². The van der Waals surface area contributed by atoms with Crippen molar-refractivity contribution in [3.05, 3.63) is 65.7 Å². The monoisotopic (exact) mass is 339 g/mol. The summed E-state index contributed by atoms with van der Waals surface area (Å²) < 4.78 is 5.06. The van der Waals surface area contributed by atoms with Crippen molar-refractivity contribution in [1.29, 1.82) is 0 Å². The van der Waals surface area contributed by atoms with E-state index in [-0.39, 0.29) is 11.7 Å². The van der Waals surface area contributed by atoms with Crippen LogP contribution in [0, 0.1) is 0 Å². The number of carbonyl (C=O) groups is 1. The van der Waals surface area contributed by atoms with Crippen LogP contribution in [-0.2, 0) is 11.3 Å². The zero-order valence-corrected chi connectivity index (χ0v) is 14.6. The highest BCUT2D eigenvalue weighted by molar-refractivity contribution is 5.75. The molecule has 2 N–H and O–H groups in total. The van der Waals surface area contributed by atoms with Crippen LogP contribution in [0.2, 0.25) is 0 Å². The van der Waals surface area contributed by atoms with E-state index in [1.165, 1.54) is 12.7 Å². The van der Waals surface area contributed by atoms with E-state index in [1.54, 1.807) is 18.2 Å². The Morgan fingerprint density at radius 1 is 1.16 bits per heavy atom. The number of aromatic hydroxyl groups is 1. The molecule has 1 amide bonds. The van der Waals surface area contributed by atoms with Gasteiger partial charge in [-0.1, -0.05) is 48.6 Å². The first-order chi connectivity index (χ1) is 12.2. The predicted molar refractivity (Wildman–Crippen MR) is 100 cm³/mol. The van der Waals surface area contributed by atoms with E-state index in [2.05, 4.69) is 29.6 Å². The number of carbonyl (C=O) groups excluding carboxylic acids is 1. The van der Waals surface area contributed by atoms with E-state index in [0.717, 1.165) is 24.8 Å². The van der Waals surface area contributed by atoms with Gasteiger partial charge in [0.15, 0.2) is 11.5 Å². The highest BCUT2D eigenvalue weighted by Gasteiger charge is 2.05. The maximum atomic E-state index is 11.9. The molecule has 4 heteroatoms. The van der Waals surface area contributed by atoms with Gasteiger partial charge in [0.2, 0.25) is 5.91 Å². The minimum atomic E-state index is 0.0408. The topological polar surface area (TPSA) is 58.6 Å². The lowest BCUT2D eigenvalue weighted by Gasteiger charge is -2.08. The number of phenolic OH excluding ortho intramolecular Hbond substituents is 1. The Kier molecular flexibility index (Phi) is 7.57. The van der Waals surface area contributed by atoms with Crippen molar-refractivity contribution in [2.24, 2.45) is 0 Å². The molecule has 0 aliphatic heterocycles. The second kappa shape index (κ2) is 10.2. The highest BCUT2D eigenvalue weighted by Crippen LogP contribution is 2.26. The summed E-state index contributed by atoms with van der Waals surface area (Å²) in [7, 11) is 1.50. The van der Waals surface area contributed by atoms with E-state index in [0.29, 0.717) is 18.7 Å². The average molecular weight is 339 g/mol. The number of hydrogen-bond donors (Lipinski definition) is 2. The summed E-state index contributed by atoms with van der Waals surface area (Å²) in [6.45, 7) is 0.434. The summed E-state index contributed by atoms with van der Waals surface area (Å²) in [5, 5.41) is 12.4. The third kappa shape index (κ3) is 6.71. The first-order valence-corrected chi connectivity index (χ1v) is 8.53. The maximum Gasteiger partial charge on any atom is 0.220 e. The number of unbranched alkanes of at least 4 members (excludes halogenated alkanes) is 2. The quantitative estimate of drug-likeness (QED) is 0.670. The minimum absolute atomic E-state index is 0.0408. The largest absolute Gasteiger partial charge is 0.504 e. The predicted octanol–water partition coefficient (Wildman–Crippen LogP) is 4.29. The van der Waals surface area contributed by atoms with E-state index < -0.39 is 0 Å². The summed E-state index contributed by atoms with van der Waals surface area (Å²) >= 11 is 0. The molecule has 25 heavy (non-hydrogen) atoms. The SMILES string of the molecule is COc1cc(CNC(=O)CCCC/C=C/c2ccccc2)ccc1O. The van der Waals surface area contributed by atoms with Gasteiger partial charge in [0.05, 0.1) is 7.11 Å². The third-order valence-electron chi connectivity index (χ3n) is 3.87. The molecule has 0 aliphatic carbocycles. The van der Waals surface area contributed by atoms with Gasteiger partial charge in [-0.25, -0.2) is 0 Å². The van der Waals surface area contributed by atoms with Gasteiger partial charge >= 0.3 is 0 Å². The molecule has 0 saturated carbocycles. The highest BCUT2D eigenvalue weighted by atomic mass is 16.5. The summed E-state index contributed by atoms with van der Waals surface area (Å²) in [6, 6.07) is 15.3. The second-order valence-electron chi connectivity index (χ2n) is 5.84. The van der Waals surface area contributed by atoms with Gasteiger partial charge in [0.25, 0.3) is 0 Å². The van der Waals surface area contributed by atoms with Crippen LogP contribution >= 0.6 is 0 Å². The molecule has 0 aliphatic rings. The van der Waals surface area contributed by atoms with Gasteiger partial charge < -0.3 is 15.2 Å². The van der Waals surface area contributed by atoms with Gasteiger partial charge in [0, 0.05) is 13.0 Å². The molecule has 4 nitrogen and oxygen atoms in total. The number of benzene rings is 2. The van der Waals surface area contributed by atoms with E-state index in [1.807, 2.05) is 18.2 Å². The summed E-state index contributed by atoms with van der Waals surface area (Å²) in [5.74, 6) is 0.553. The van der Waals surface area contributed by atoms with E-state index >= 15 is 0 Å². The molecule has 2 aromatic rings. The molecular formula is C21H25NO3. The Morgan fingerprint density at radius 2 is 1.96 bits per heavy atom. The molecular weight excluding hydrogens is 314 g/mol. The lowest BCUT2D eigenvalue weighted by atomic mass is 10.1. The summed E-state index contributed by atoms with van der Waals surface area (Å²) in [6.07, 6.45) is 7.60. The molecule has 0 aromatic heterocycles. The Labute approximate surface area is 149 Å². The first-order valence-electron chi connectivity index (χ1n) is 8.53. The van der Waals surface area contributed by atoms with Gasteiger partial charge in [0.1, 0.15) is 0 Å². The van der Waals surface area contributed by atoms with E-state index in [4.69, 9.17) is 4.74 Å². The van der Waals surface area contributed by atoms with Crippen molar-refractivity contribution in [1.82, 2.24) is 5.32 Å². The third-order valence-corrected chi connectivity index (χ3v) is 3.87. The van der Waals surface area contributed by atoms with Crippen LogP contribution in [0.4, 0.5) is 0 Å². The van der Waals surface area contributed by atoms with Crippen molar-refractivity contribution in [2.75, 3.05) is 7.11 Å². The molecule has 0 radical (unpaired) electrons. The zero-order chi connectivity index (χ0) is 17.9. The molecule has 0 fully saturated rings. The molecule has 0 unspecified atom stereocenters. The molecule has 0 heterocycles. The Morgan fingerprint density at radius 3 is 2.72 bits per heavy atom. The van der Waals surface area contributed by atoms with Crippen LogP contribution in [-0.4, -0.2) is 18.1 Å². The van der Waals surface area contributed by atoms with Gasteiger partial charge in [-0.3, -0.25) is 4.79 Å². The number of rotatable bonds is 9. The van der Waals surface area contributed by atoms with Crippen molar-refractivity contribution in [3.63, 3.8) is 0 Å². The Hall–Kier alpha value is -2.75. The van der Waals surface area contributed by atoms with Gasteiger partial charge in [-0.05, 0) is 42.5 Å². The number of amides is 1. The number of methoxy groups -OCH3 is 1. The summed E-state index contributed by atoms with van der Waals surface area (Å²) in [5.41, 5.74) is 2.10. The normalized spacial score (nSPS) is 10.8. The molecule has 2 rings (SSSR count). The Balaban J connectivity index is 1.62. The smallest absolute Gasteiger partial charge is 0.220 e. The van der Waals surface area contributed by atoms with Gasteiger partial charge in [-0.15, -0.1) is 0 Å². The van der Waals surface area contributed by atoms with Gasteiger partial charge in [-0.2, -0.15) is 0 Å². The van der Waals surface area contributed by atoms with Crippen molar-refractivity contribution < 1.29 is 14.6 Å². The fourth-order valence-electron chi connectivity index (χ4n) is 2.45. The fraction of sp³-hybridized carbons (Fsp3) is 0.286. The van der Waals surface area contributed by atoms with Crippen molar-refractivity contribution >= 4 is 12.0 Å². The standard InChI is InChI=1S/C21H25NO3/c1-25-20-15-18(13-14-19(20)23)16-22-21(24)12-8-3-2-5-9-17-10-6-4-7-11-17/h4-7,9-11,13-15,23H,2-3,8,12,16H2,1H3,(H,22,24)/b9-5+. The zero-order valence-electron chi connectivity index (χ0n) is 14.6. The molecule has 0 saturated heterocycles. The van der Waals surface area contributed by atoms with Crippen LogP contribution in [0.25, 0.3) is 6.08 Å². The molecule has 0 atom stereocenters. The lowest BCUT2D eigenvalue weighted by molar-refractivity contribution is -0.121. The number of allylic oxidation sites excluding steroid dienone is 1. The summed E-state index contributed by atoms with van der Waals surface area (Å²) in [4.78, 5) is 11.9. The van der Waals surface area contributed by atoms with E-state index in [9.17, 15) is 9.90 Å². The maximum absolute atomic E-state index is 11.9. The lowest BCUT2D eigenvalue weighted by Crippen LogP contribution is -2.22. The first kappa shape index (κ1) is 18.6. The fourth-order valence-corrected chi connectivity index (χ4v) is 2.45. The van der Waals surface area contributed by atoms with Crippen LogP contribution < -0.4 is 10.1 Å². The second-order valence-corrected chi connectivity index (χ2v) is 5.84. The number of nitrogens with one attached hydrogen (secondary N) is 1. The molecule has 0 spiro atoms.